The molecule has 0 unspecified atom stereocenters. The third-order valence-corrected chi connectivity index (χ3v) is 4.16. The Labute approximate surface area is 152 Å². The van der Waals surface area contributed by atoms with E-state index in [0.717, 1.165) is 0 Å². The number of pyridine rings is 1. The third kappa shape index (κ3) is 3.81. The van der Waals surface area contributed by atoms with E-state index in [1.807, 2.05) is 25.7 Å². The number of nitrogens with one attached hydrogen (secondary N) is 1. The average Bonchev–Trinajstić information content (AvgIpc) is 3.15. The van der Waals surface area contributed by atoms with Crippen LogP contribution in [0.1, 0.15) is 20.8 Å². The predicted molar refractivity (Wildman–Crippen MR) is 95.8 cm³/mol. The summed E-state index contributed by atoms with van der Waals surface area (Å²) in [5.74, 6) is 0.609. The fourth-order valence-corrected chi connectivity index (χ4v) is 2.78. The van der Waals surface area contributed by atoms with E-state index in [4.69, 9.17) is 0 Å². The zero-order valence-corrected chi connectivity index (χ0v) is 15.2. The molecule has 3 rings (SSSR count). The first kappa shape index (κ1) is 17.8. The predicted octanol–water partition coefficient (Wildman–Crippen LogP) is 1.38. The molecule has 1 saturated heterocycles. The molecule has 9 heteroatoms. The highest BCUT2D eigenvalue weighted by atomic mass is 16.2. The lowest BCUT2D eigenvalue weighted by molar-refractivity contribution is -0.140. The number of hydrogen-bond donors (Lipinski definition) is 1. The quantitative estimate of drug-likeness (QED) is 0.876. The molecule has 26 heavy (non-hydrogen) atoms. The van der Waals surface area contributed by atoms with E-state index in [9.17, 15) is 9.59 Å². The van der Waals surface area contributed by atoms with Crippen molar-refractivity contribution < 1.29 is 9.59 Å². The summed E-state index contributed by atoms with van der Waals surface area (Å²) in [6.07, 6.45) is 4.56. The number of piperazine rings is 1. The zero-order valence-electron chi connectivity index (χ0n) is 15.2. The first-order valence-electron chi connectivity index (χ1n) is 8.51. The molecule has 0 spiro atoms. The maximum absolute atomic E-state index is 12.6. The summed E-state index contributed by atoms with van der Waals surface area (Å²) in [6.45, 7) is 7.77. The van der Waals surface area contributed by atoms with Crippen molar-refractivity contribution in [2.75, 3.05) is 31.5 Å². The van der Waals surface area contributed by atoms with Gasteiger partial charge in [-0.2, -0.15) is 5.10 Å². The Hall–Kier alpha value is -2.97. The molecule has 9 nitrogen and oxygen atoms in total. The number of nitrogens with zero attached hydrogens (tertiary/aromatic N) is 6. The number of urea groups is 1. The summed E-state index contributed by atoms with van der Waals surface area (Å²) in [4.78, 5) is 36.6. The van der Waals surface area contributed by atoms with E-state index in [0.29, 0.717) is 37.7 Å². The van der Waals surface area contributed by atoms with Crippen molar-refractivity contribution in [1.29, 1.82) is 0 Å². The van der Waals surface area contributed by atoms with Gasteiger partial charge in [0.1, 0.15) is 12.7 Å². The summed E-state index contributed by atoms with van der Waals surface area (Å²) in [6, 6.07) is 3.29. The van der Waals surface area contributed by atoms with E-state index in [1.54, 1.807) is 23.2 Å². The van der Waals surface area contributed by atoms with Crippen LogP contribution in [0.3, 0.4) is 0 Å². The number of aromatic nitrogens is 4. The summed E-state index contributed by atoms with van der Waals surface area (Å²) >= 11 is 0. The highest BCUT2D eigenvalue weighted by Crippen LogP contribution is 2.20. The Kier molecular flexibility index (Phi) is 4.88. The first-order chi connectivity index (χ1) is 12.4. The number of carbonyl (C=O) groups excluding carboxylic acids is 2. The topological polar surface area (TPSA) is 96.2 Å². The molecular formula is C17H23N7O2. The maximum Gasteiger partial charge on any atom is 0.322 e. The molecular weight excluding hydrogens is 334 g/mol. The van der Waals surface area contributed by atoms with Crippen molar-refractivity contribution in [2.45, 2.75) is 20.8 Å². The van der Waals surface area contributed by atoms with Crippen LogP contribution in [-0.2, 0) is 4.79 Å². The Morgan fingerprint density at radius 2 is 1.81 bits per heavy atom. The number of carbonyl (C=O) groups is 2. The van der Waals surface area contributed by atoms with Crippen molar-refractivity contribution in [3.8, 4) is 5.82 Å². The van der Waals surface area contributed by atoms with Gasteiger partial charge in [-0.3, -0.25) is 4.79 Å². The molecule has 2 aromatic rings. The van der Waals surface area contributed by atoms with Gasteiger partial charge in [-0.15, -0.1) is 0 Å². The molecule has 0 aliphatic carbocycles. The molecule has 0 bridgehead atoms. The van der Waals surface area contributed by atoms with Crippen LogP contribution in [0.25, 0.3) is 5.82 Å². The molecule has 0 saturated carbocycles. The van der Waals surface area contributed by atoms with E-state index in [2.05, 4.69) is 20.4 Å². The van der Waals surface area contributed by atoms with Crippen LogP contribution in [0.4, 0.5) is 10.5 Å². The molecule has 3 amide bonds. The van der Waals surface area contributed by atoms with Gasteiger partial charge in [-0.25, -0.2) is 19.4 Å². The molecule has 1 aliphatic rings. The Bertz CT molecular complexity index is 775. The van der Waals surface area contributed by atoms with Crippen LogP contribution in [0.5, 0.6) is 0 Å². The van der Waals surface area contributed by atoms with Gasteiger partial charge in [-0.05, 0) is 12.1 Å². The minimum atomic E-state index is -0.410. The second-order valence-corrected chi connectivity index (χ2v) is 7.17. The molecule has 138 valence electrons. The van der Waals surface area contributed by atoms with Crippen LogP contribution in [0, 0.1) is 5.41 Å². The number of hydrogen-bond acceptors (Lipinski definition) is 5. The molecule has 0 radical (unpaired) electrons. The average molecular weight is 357 g/mol. The second kappa shape index (κ2) is 7.11. The fraction of sp³-hybridized carbons (Fsp3) is 0.471. The van der Waals surface area contributed by atoms with Gasteiger partial charge in [0.25, 0.3) is 0 Å². The van der Waals surface area contributed by atoms with Gasteiger partial charge in [0, 0.05) is 37.8 Å². The standard InChI is InChI=1S/C17H23N7O2/c1-17(2,3)15(25)22-7-9-23(10-8-22)16(26)21-13-5-4-6-19-14(13)24-12-18-11-20-24/h4-6,11-12H,7-10H2,1-3H3,(H,21,26). The van der Waals surface area contributed by atoms with Gasteiger partial charge < -0.3 is 15.1 Å². The highest BCUT2D eigenvalue weighted by Gasteiger charge is 2.31. The Morgan fingerprint density at radius 3 is 2.42 bits per heavy atom. The van der Waals surface area contributed by atoms with Gasteiger partial charge in [0.05, 0.1) is 5.69 Å². The lowest BCUT2D eigenvalue weighted by atomic mass is 9.94. The van der Waals surface area contributed by atoms with E-state index < -0.39 is 5.41 Å². The second-order valence-electron chi connectivity index (χ2n) is 7.17. The van der Waals surface area contributed by atoms with Gasteiger partial charge in [0.15, 0.2) is 5.82 Å². The van der Waals surface area contributed by atoms with E-state index in [-0.39, 0.29) is 11.9 Å². The highest BCUT2D eigenvalue weighted by molar-refractivity contribution is 5.91. The smallest absolute Gasteiger partial charge is 0.322 e. The molecule has 1 N–H and O–H groups in total. The van der Waals surface area contributed by atoms with Crippen LogP contribution >= 0.6 is 0 Å². The summed E-state index contributed by atoms with van der Waals surface area (Å²) in [7, 11) is 0. The fourth-order valence-electron chi connectivity index (χ4n) is 2.78. The first-order valence-corrected chi connectivity index (χ1v) is 8.51. The lowest BCUT2D eigenvalue weighted by Crippen LogP contribution is -2.53. The van der Waals surface area contributed by atoms with Crippen molar-refractivity contribution in [2.24, 2.45) is 5.41 Å². The summed E-state index contributed by atoms with van der Waals surface area (Å²) in [5.41, 5.74) is 0.142. The number of anilines is 1. The largest absolute Gasteiger partial charge is 0.339 e. The van der Waals surface area contributed by atoms with Crippen molar-refractivity contribution in [3.05, 3.63) is 31.0 Å². The number of rotatable bonds is 2. The van der Waals surface area contributed by atoms with Crippen LogP contribution in [0.2, 0.25) is 0 Å². The van der Waals surface area contributed by atoms with E-state index >= 15 is 0 Å². The normalized spacial score (nSPS) is 15.0. The molecule has 3 heterocycles. The van der Waals surface area contributed by atoms with Gasteiger partial charge >= 0.3 is 6.03 Å². The number of amides is 3. The molecule has 2 aromatic heterocycles. The Morgan fingerprint density at radius 1 is 1.12 bits per heavy atom. The third-order valence-electron chi connectivity index (χ3n) is 4.16. The molecule has 0 atom stereocenters. The van der Waals surface area contributed by atoms with Crippen molar-refractivity contribution >= 4 is 17.6 Å². The van der Waals surface area contributed by atoms with Crippen LogP contribution in [0.15, 0.2) is 31.0 Å². The van der Waals surface area contributed by atoms with E-state index in [1.165, 1.54) is 17.3 Å². The van der Waals surface area contributed by atoms with Crippen LogP contribution < -0.4 is 5.32 Å². The molecule has 1 aliphatic heterocycles. The molecule has 1 fully saturated rings. The lowest BCUT2D eigenvalue weighted by Gasteiger charge is -2.37. The minimum absolute atomic E-state index is 0.110. The van der Waals surface area contributed by atoms with Gasteiger partial charge in [0.2, 0.25) is 5.91 Å². The minimum Gasteiger partial charge on any atom is -0.339 e. The summed E-state index contributed by atoms with van der Waals surface area (Å²) in [5, 5.41) is 6.93. The maximum atomic E-state index is 12.6. The zero-order chi connectivity index (χ0) is 18.7. The SMILES string of the molecule is CC(C)(C)C(=O)N1CCN(C(=O)Nc2cccnc2-n2cncn2)CC1. The summed E-state index contributed by atoms with van der Waals surface area (Å²) < 4.78 is 1.50. The molecule has 0 aromatic carbocycles. The Balaban J connectivity index is 1.63. The van der Waals surface area contributed by atoms with Crippen LogP contribution in [-0.4, -0.2) is 67.7 Å². The van der Waals surface area contributed by atoms with Crippen molar-refractivity contribution in [1.82, 2.24) is 29.5 Å². The van der Waals surface area contributed by atoms with Crippen molar-refractivity contribution in [3.63, 3.8) is 0 Å². The monoisotopic (exact) mass is 357 g/mol. The van der Waals surface area contributed by atoms with Gasteiger partial charge in [-0.1, -0.05) is 20.8 Å².